The molecule has 2 saturated heterocycles. The highest BCUT2D eigenvalue weighted by molar-refractivity contribution is 8.22. The van der Waals surface area contributed by atoms with Crippen LogP contribution in [-0.4, -0.2) is 24.1 Å². The average Bonchev–Trinajstić information content (AvgIpc) is 2.99. The monoisotopic (exact) mass is 324 g/mol. The summed E-state index contributed by atoms with van der Waals surface area (Å²) in [6.07, 6.45) is 7.47. The van der Waals surface area contributed by atoms with Crippen molar-refractivity contribution < 1.29 is 9.53 Å². The number of cyclic esters (lactones) is 1. The van der Waals surface area contributed by atoms with Crippen LogP contribution in [-0.2, 0) is 9.53 Å². The fraction of sp³-hybridized carbons (Fsp3) is 0.824. The molecule has 2 aliphatic heterocycles. The fourth-order valence-electron chi connectivity index (χ4n) is 5.32. The van der Waals surface area contributed by atoms with Gasteiger partial charge < -0.3 is 4.74 Å². The molecule has 4 atom stereocenters. The number of rotatable bonds is 1. The Balaban J connectivity index is 1.71. The molecule has 0 bridgehead atoms. The normalized spacial score (nSPS) is 44.4. The SMILES string of the molecule is CC1(C)C[C@H]2C[C@@H]3C(=O)OC[C@@H]3[C@@]2(C=C2SCCCS2)C1. The van der Waals surface area contributed by atoms with Crippen molar-refractivity contribution in [1.82, 2.24) is 0 Å². The largest absolute Gasteiger partial charge is 0.465 e. The molecule has 0 amide bonds. The Morgan fingerprint density at radius 1 is 1.29 bits per heavy atom. The standard InChI is InChI=1S/C17H24O2S2/c1-16(2)7-11-6-12-13(9-19-15(12)18)17(11,10-16)8-14-20-4-3-5-21-14/h8,11-13H,3-7,9-10H2,1-2H3/t11-,12+,13+,17+/m1/s1. The number of carbonyl (C=O) groups is 1. The average molecular weight is 325 g/mol. The second kappa shape index (κ2) is 4.95. The summed E-state index contributed by atoms with van der Waals surface area (Å²) in [4.78, 5) is 12.0. The van der Waals surface area contributed by atoms with Gasteiger partial charge >= 0.3 is 5.97 Å². The lowest BCUT2D eigenvalue weighted by atomic mass is 9.71. The number of thioether (sulfide) groups is 2. The molecule has 0 aromatic rings. The lowest BCUT2D eigenvalue weighted by Crippen LogP contribution is -2.30. The van der Waals surface area contributed by atoms with Crippen LogP contribution in [0.3, 0.4) is 0 Å². The highest BCUT2D eigenvalue weighted by atomic mass is 32.2. The predicted molar refractivity (Wildman–Crippen MR) is 89.1 cm³/mol. The van der Waals surface area contributed by atoms with Gasteiger partial charge in [-0.2, -0.15) is 0 Å². The van der Waals surface area contributed by atoms with Gasteiger partial charge in [0.2, 0.25) is 0 Å². The van der Waals surface area contributed by atoms with Crippen molar-refractivity contribution in [2.24, 2.45) is 28.6 Å². The summed E-state index contributed by atoms with van der Waals surface area (Å²) >= 11 is 4.05. The van der Waals surface area contributed by atoms with Crippen molar-refractivity contribution >= 4 is 29.5 Å². The highest BCUT2D eigenvalue weighted by Crippen LogP contribution is 2.67. The Labute approximate surface area is 135 Å². The van der Waals surface area contributed by atoms with E-state index in [2.05, 4.69) is 19.9 Å². The van der Waals surface area contributed by atoms with Crippen LogP contribution in [0.2, 0.25) is 0 Å². The first-order valence-electron chi connectivity index (χ1n) is 8.15. The molecular formula is C17H24O2S2. The van der Waals surface area contributed by atoms with Crippen molar-refractivity contribution in [3.05, 3.63) is 10.3 Å². The maximum absolute atomic E-state index is 12.0. The van der Waals surface area contributed by atoms with Crippen LogP contribution in [0.1, 0.15) is 39.5 Å². The van der Waals surface area contributed by atoms with E-state index in [-0.39, 0.29) is 17.3 Å². The van der Waals surface area contributed by atoms with Crippen LogP contribution in [0, 0.1) is 28.6 Å². The molecule has 4 aliphatic rings. The zero-order valence-electron chi connectivity index (χ0n) is 12.9. The summed E-state index contributed by atoms with van der Waals surface area (Å²) in [7, 11) is 0. The van der Waals surface area contributed by atoms with Crippen molar-refractivity contribution in [2.75, 3.05) is 18.1 Å². The van der Waals surface area contributed by atoms with E-state index in [0.29, 0.717) is 23.9 Å². The molecule has 0 radical (unpaired) electrons. The van der Waals surface area contributed by atoms with E-state index in [1.807, 2.05) is 23.5 Å². The van der Waals surface area contributed by atoms with Crippen LogP contribution >= 0.6 is 23.5 Å². The van der Waals surface area contributed by atoms with Gasteiger partial charge in [0.1, 0.15) is 0 Å². The van der Waals surface area contributed by atoms with Gasteiger partial charge in [0.05, 0.1) is 12.5 Å². The quantitative estimate of drug-likeness (QED) is 0.671. The minimum atomic E-state index is 0.0777. The maximum atomic E-state index is 12.0. The lowest BCUT2D eigenvalue weighted by molar-refractivity contribution is -0.141. The third kappa shape index (κ3) is 2.28. The number of hydrogen-bond acceptors (Lipinski definition) is 4. The molecular weight excluding hydrogens is 300 g/mol. The van der Waals surface area contributed by atoms with E-state index >= 15 is 0 Å². The number of fused-ring (bicyclic) bond motifs is 3. The maximum Gasteiger partial charge on any atom is 0.309 e. The van der Waals surface area contributed by atoms with Gasteiger partial charge in [-0.1, -0.05) is 19.9 Å². The van der Waals surface area contributed by atoms with Crippen molar-refractivity contribution in [3.63, 3.8) is 0 Å². The lowest BCUT2D eigenvalue weighted by Gasteiger charge is -2.34. The fourth-order valence-corrected chi connectivity index (χ4v) is 7.92. The Morgan fingerprint density at radius 3 is 2.81 bits per heavy atom. The first kappa shape index (κ1) is 14.5. The van der Waals surface area contributed by atoms with Crippen LogP contribution in [0.25, 0.3) is 0 Å². The van der Waals surface area contributed by atoms with Gasteiger partial charge in [-0.25, -0.2) is 0 Å². The van der Waals surface area contributed by atoms with Crippen LogP contribution in [0.15, 0.2) is 10.3 Å². The van der Waals surface area contributed by atoms with Gasteiger partial charge in [0, 0.05) is 15.6 Å². The molecule has 4 heteroatoms. The number of esters is 1. The number of hydrogen-bond donors (Lipinski definition) is 0. The Kier molecular flexibility index (Phi) is 3.42. The molecule has 2 heterocycles. The first-order chi connectivity index (χ1) is 10.0. The molecule has 2 nitrogen and oxygen atoms in total. The molecule has 0 aromatic carbocycles. The Bertz CT molecular complexity index is 491. The minimum absolute atomic E-state index is 0.0777. The molecule has 4 fully saturated rings. The third-order valence-electron chi connectivity index (χ3n) is 5.93. The summed E-state index contributed by atoms with van der Waals surface area (Å²) in [5.74, 6) is 3.90. The molecule has 116 valence electrons. The van der Waals surface area contributed by atoms with Crippen molar-refractivity contribution in [3.8, 4) is 0 Å². The summed E-state index contributed by atoms with van der Waals surface area (Å²) < 4.78 is 6.95. The van der Waals surface area contributed by atoms with E-state index < -0.39 is 0 Å². The minimum Gasteiger partial charge on any atom is -0.465 e. The van der Waals surface area contributed by atoms with E-state index in [0.717, 1.165) is 6.42 Å². The number of carbonyl (C=O) groups excluding carboxylic acids is 1. The van der Waals surface area contributed by atoms with Gasteiger partial charge in [-0.3, -0.25) is 4.79 Å². The smallest absolute Gasteiger partial charge is 0.309 e. The summed E-state index contributed by atoms with van der Waals surface area (Å²) in [5, 5.41) is 0. The second-order valence-corrected chi connectivity index (χ2v) is 10.5. The van der Waals surface area contributed by atoms with Crippen molar-refractivity contribution in [1.29, 1.82) is 0 Å². The third-order valence-corrected chi connectivity index (χ3v) is 8.43. The van der Waals surface area contributed by atoms with E-state index in [1.165, 1.54) is 35.0 Å². The molecule has 2 aliphatic carbocycles. The highest BCUT2D eigenvalue weighted by Gasteiger charge is 2.64. The van der Waals surface area contributed by atoms with Crippen molar-refractivity contribution in [2.45, 2.75) is 39.5 Å². The zero-order valence-corrected chi connectivity index (χ0v) is 14.5. The van der Waals surface area contributed by atoms with E-state index in [4.69, 9.17) is 4.74 Å². The van der Waals surface area contributed by atoms with E-state index in [1.54, 1.807) is 0 Å². The first-order valence-corrected chi connectivity index (χ1v) is 10.1. The number of ether oxygens (including phenoxy) is 1. The van der Waals surface area contributed by atoms with Gasteiger partial charge in [-0.15, -0.1) is 23.5 Å². The molecule has 0 spiro atoms. The summed E-state index contributed by atoms with van der Waals surface area (Å²) in [6, 6.07) is 0. The summed E-state index contributed by atoms with van der Waals surface area (Å²) in [6.45, 7) is 5.47. The molecule has 2 saturated carbocycles. The molecule has 0 aromatic heterocycles. The molecule has 0 unspecified atom stereocenters. The second-order valence-electron chi connectivity index (χ2n) is 7.95. The zero-order chi connectivity index (χ0) is 14.7. The summed E-state index contributed by atoms with van der Waals surface area (Å²) in [5.41, 5.74) is 0.634. The van der Waals surface area contributed by atoms with Gasteiger partial charge in [-0.05, 0) is 48.5 Å². The van der Waals surface area contributed by atoms with Crippen LogP contribution < -0.4 is 0 Å². The Hall–Kier alpha value is -0.0900. The Morgan fingerprint density at radius 2 is 2.05 bits per heavy atom. The van der Waals surface area contributed by atoms with Gasteiger partial charge in [0.15, 0.2) is 0 Å². The van der Waals surface area contributed by atoms with Crippen LogP contribution in [0.5, 0.6) is 0 Å². The topological polar surface area (TPSA) is 26.3 Å². The van der Waals surface area contributed by atoms with E-state index in [9.17, 15) is 4.79 Å². The predicted octanol–water partition coefficient (Wildman–Crippen LogP) is 4.31. The van der Waals surface area contributed by atoms with Gasteiger partial charge in [0.25, 0.3) is 0 Å². The molecule has 0 N–H and O–H groups in total. The number of allylic oxidation sites excluding steroid dienone is 1. The van der Waals surface area contributed by atoms with Crippen LogP contribution in [0.4, 0.5) is 0 Å². The molecule has 21 heavy (non-hydrogen) atoms. The molecule has 4 rings (SSSR count).